The number of methoxy groups -OCH3 is 1. The fourth-order valence-electron chi connectivity index (χ4n) is 2.43. The van der Waals surface area contributed by atoms with E-state index in [1.165, 1.54) is 5.56 Å². The average Bonchev–Trinajstić information content (AvgIpc) is 2.35. The van der Waals surface area contributed by atoms with Gasteiger partial charge in [-0.3, -0.25) is 0 Å². The van der Waals surface area contributed by atoms with Gasteiger partial charge in [0.05, 0.1) is 0 Å². The summed E-state index contributed by atoms with van der Waals surface area (Å²) in [5.41, 5.74) is 1.98. The van der Waals surface area contributed by atoms with Crippen molar-refractivity contribution < 1.29 is 14.2 Å². The van der Waals surface area contributed by atoms with Gasteiger partial charge in [0.25, 0.3) is 0 Å². The van der Waals surface area contributed by atoms with E-state index >= 15 is 0 Å². The zero-order valence-corrected chi connectivity index (χ0v) is 13.0. The van der Waals surface area contributed by atoms with Crippen molar-refractivity contribution in [3.63, 3.8) is 0 Å². The van der Waals surface area contributed by atoms with Gasteiger partial charge in [0.2, 0.25) is 0 Å². The molecule has 1 heterocycles. The zero-order chi connectivity index (χ0) is 14.8. The first-order chi connectivity index (χ1) is 9.43. The van der Waals surface area contributed by atoms with Crippen LogP contribution in [-0.2, 0) is 4.74 Å². The van der Waals surface area contributed by atoms with Gasteiger partial charge in [-0.1, -0.05) is 13.0 Å². The third-order valence-corrected chi connectivity index (χ3v) is 3.55. The summed E-state index contributed by atoms with van der Waals surface area (Å²) in [5.74, 6) is 2.22. The molecule has 20 heavy (non-hydrogen) atoms. The normalized spacial score (nSPS) is 22.1. The summed E-state index contributed by atoms with van der Waals surface area (Å²) in [6, 6.07) is 4.15. The van der Waals surface area contributed by atoms with Gasteiger partial charge in [0, 0.05) is 12.7 Å². The minimum atomic E-state index is -0.282. The quantitative estimate of drug-likeness (QED) is 0.611. The Hall–Kier alpha value is -1.48. The number of fused-ring (bicyclic) bond motifs is 1. The second-order valence-corrected chi connectivity index (χ2v) is 5.95. The van der Waals surface area contributed by atoms with Crippen LogP contribution in [0.5, 0.6) is 11.5 Å². The Morgan fingerprint density at radius 1 is 1.35 bits per heavy atom. The van der Waals surface area contributed by atoms with Gasteiger partial charge in [-0.15, -0.1) is 0 Å². The highest BCUT2D eigenvalue weighted by molar-refractivity contribution is 5.48. The van der Waals surface area contributed by atoms with Gasteiger partial charge in [-0.2, -0.15) is 0 Å². The number of hydrogen-bond acceptors (Lipinski definition) is 3. The lowest BCUT2D eigenvalue weighted by atomic mass is 9.92. The van der Waals surface area contributed by atoms with E-state index in [1.54, 1.807) is 7.11 Å². The van der Waals surface area contributed by atoms with Crippen molar-refractivity contribution in [3.8, 4) is 11.5 Å². The molecule has 0 spiro atoms. The highest BCUT2D eigenvalue weighted by atomic mass is 16.7. The van der Waals surface area contributed by atoms with Crippen LogP contribution in [0.4, 0.5) is 0 Å². The molecule has 3 heteroatoms. The van der Waals surface area contributed by atoms with Crippen LogP contribution in [0.1, 0.15) is 44.2 Å². The molecule has 0 saturated heterocycles. The molecule has 1 aliphatic heterocycles. The number of rotatable bonds is 3. The zero-order valence-electron chi connectivity index (χ0n) is 13.0. The van der Waals surface area contributed by atoms with Gasteiger partial charge in [0.15, 0.2) is 6.79 Å². The lowest BCUT2D eigenvalue weighted by Crippen LogP contribution is -2.27. The fourth-order valence-corrected chi connectivity index (χ4v) is 2.43. The van der Waals surface area contributed by atoms with E-state index in [4.69, 9.17) is 14.2 Å². The van der Waals surface area contributed by atoms with E-state index in [1.807, 2.05) is 6.92 Å². The van der Waals surface area contributed by atoms with Crippen LogP contribution in [0.15, 0.2) is 24.3 Å². The minimum Gasteiger partial charge on any atom is -0.483 e. The van der Waals surface area contributed by atoms with Crippen LogP contribution in [0.25, 0.3) is 0 Å². The Labute approximate surface area is 121 Å². The van der Waals surface area contributed by atoms with Crippen LogP contribution in [0.2, 0.25) is 0 Å². The van der Waals surface area contributed by atoms with Crippen LogP contribution in [-0.4, -0.2) is 19.5 Å². The molecule has 1 aromatic rings. The van der Waals surface area contributed by atoms with Gasteiger partial charge >= 0.3 is 0 Å². The third-order valence-electron chi connectivity index (χ3n) is 3.55. The molecular weight excluding hydrogens is 252 g/mol. The van der Waals surface area contributed by atoms with E-state index in [2.05, 4.69) is 45.1 Å². The van der Waals surface area contributed by atoms with Crippen molar-refractivity contribution >= 4 is 0 Å². The fraction of sp³-hybridized carbons (Fsp3) is 0.529. The summed E-state index contributed by atoms with van der Waals surface area (Å²) < 4.78 is 16.8. The summed E-state index contributed by atoms with van der Waals surface area (Å²) in [6.45, 7) is 8.66. The van der Waals surface area contributed by atoms with Gasteiger partial charge < -0.3 is 14.2 Å². The number of allylic oxidation sites excluding steroid dienone is 1. The molecule has 1 aromatic carbocycles. The van der Waals surface area contributed by atoms with Gasteiger partial charge in [-0.25, -0.2) is 0 Å². The monoisotopic (exact) mass is 276 g/mol. The van der Waals surface area contributed by atoms with Crippen LogP contribution in [0, 0.1) is 6.92 Å². The number of aryl methyl sites for hydroxylation is 1. The van der Waals surface area contributed by atoms with Crippen molar-refractivity contribution in [2.45, 2.75) is 45.6 Å². The number of hydrogen-bond donors (Lipinski definition) is 0. The molecule has 0 bridgehead atoms. The molecule has 2 rings (SSSR count). The Balaban J connectivity index is 2.40. The van der Waals surface area contributed by atoms with E-state index < -0.39 is 0 Å². The van der Waals surface area contributed by atoms with Gasteiger partial charge in [0.1, 0.15) is 17.1 Å². The Bertz CT molecular complexity index is 503. The predicted octanol–water partition coefficient (Wildman–Crippen LogP) is 4.20. The number of benzene rings is 1. The molecule has 3 nitrogen and oxygen atoms in total. The highest BCUT2D eigenvalue weighted by Crippen LogP contribution is 2.38. The SMILES string of the molecule is COCOc1cc2c(cc1C)OC(C)(C)/C=C\C[C@H]2C. The smallest absolute Gasteiger partial charge is 0.188 e. The Morgan fingerprint density at radius 3 is 2.80 bits per heavy atom. The maximum absolute atomic E-state index is 6.16. The molecule has 0 N–H and O–H groups in total. The van der Waals surface area contributed by atoms with Crippen LogP contribution in [0.3, 0.4) is 0 Å². The minimum absolute atomic E-state index is 0.264. The Kier molecular flexibility index (Phi) is 4.39. The third kappa shape index (κ3) is 3.34. The van der Waals surface area contributed by atoms with E-state index in [9.17, 15) is 0 Å². The summed E-state index contributed by atoms with van der Waals surface area (Å²) in [5, 5.41) is 0. The average molecular weight is 276 g/mol. The standard InChI is InChI=1S/C17H24O3/c1-12-7-6-8-17(3,4)20-16-9-13(2)15(10-14(12)16)19-11-18-5/h6,8-10,12H,7,11H2,1-5H3/b8-6-/t12-/m1/s1. The van der Waals surface area contributed by atoms with E-state index in [-0.39, 0.29) is 12.4 Å². The molecule has 1 aliphatic rings. The van der Waals surface area contributed by atoms with Crippen molar-refractivity contribution in [1.82, 2.24) is 0 Å². The summed E-state index contributed by atoms with van der Waals surface area (Å²) in [6.07, 6.45) is 5.34. The molecule has 0 saturated carbocycles. The molecule has 0 fully saturated rings. The maximum Gasteiger partial charge on any atom is 0.188 e. The first-order valence-electron chi connectivity index (χ1n) is 7.06. The van der Waals surface area contributed by atoms with E-state index in [0.717, 1.165) is 23.5 Å². The largest absolute Gasteiger partial charge is 0.483 e. The second kappa shape index (κ2) is 5.88. The lowest BCUT2D eigenvalue weighted by molar-refractivity contribution is 0.0504. The predicted molar refractivity (Wildman–Crippen MR) is 80.6 cm³/mol. The van der Waals surface area contributed by atoms with Crippen LogP contribution >= 0.6 is 0 Å². The van der Waals surface area contributed by atoms with Crippen molar-refractivity contribution in [2.24, 2.45) is 0 Å². The first-order valence-corrected chi connectivity index (χ1v) is 7.06. The lowest BCUT2D eigenvalue weighted by Gasteiger charge is -2.29. The van der Waals surface area contributed by atoms with Crippen molar-refractivity contribution in [2.75, 3.05) is 13.9 Å². The van der Waals surface area contributed by atoms with Crippen molar-refractivity contribution in [1.29, 1.82) is 0 Å². The Morgan fingerprint density at radius 2 is 2.10 bits per heavy atom. The molecule has 0 aromatic heterocycles. The molecule has 1 atom stereocenters. The summed E-state index contributed by atoms with van der Waals surface area (Å²) in [4.78, 5) is 0. The summed E-state index contributed by atoms with van der Waals surface area (Å²) >= 11 is 0. The molecule has 0 radical (unpaired) electrons. The molecule has 110 valence electrons. The topological polar surface area (TPSA) is 27.7 Å². The maximum atomic E-state index is 6.16. The van der Waals surface area contributed by atoms with Crippen LogP contribution < -0.4 is 9.47 Å². The first kappa shape index (κ1) is 14.9. The molecular formula is C17H24O3. The molecule has 0 aliphatic carbocycles. The molecule has 0 unspecified atom stereocenters. The summed E-state index contributed by atoms with van der Waals surface area (Å²) in [7, 11) is 1.63. The highest BCUT2D eigenvalue weighted by Gasteiger charge is 2.23. The van der Waals surface area contributed by atoms with Gasteiger partial charge in [-0.05, 0) is 56.9 Å². The molecule has 0 amide bonds. The number of ether oxygens (including phenoxy) is 3. The van der Waals surface area contributed by atoms with E-state index in [0.29, 0.717) is 5.92 Å². The second-order valence-electron chi connectivity index (χ2n) is 5.95. The van der Waals surface area contributed by atoms with Crippen molar-refractivity contribution in [3.05, 3.63) is 35.4 Å².